The number of aldehydes is 1. The monoisotopic (exact) mass is 164 g/mol. The van der Waals surface area contributed by atoms with Gasteiger partial charge in [0, 0.05) is 6.04 Å². The van der Waals surface area contributed by atoms with Gasteiger partial charge in [-0.3, -0.25) is 9.78 Å². The third-order valence-electron chi connectivity index (χ3n) is 1.36. The Morgan fingerprint density at radius 3 is 2.67 bits per heavy atom. The molecule has 0 amide bonds. The molecule has 1 rings (SSSR count). The Labute approximate surface area is 71.8 Å². The molecule has 0 saturated heterocycles. The molecule has 0 aromatic carbocycles. The molecule has 0 fully saturated rings. The first-order valence-electron chi connectivity index (χ1n) is 3.90. The summed E-state index contributed by atoms with van der Waals surface area (Å²) in [6.45, 7) is 4.10. The van der Waals surface area contributed by atoms with Crippen LogP contribution < -0.4 is 5.32 Å². The summed E-state index contributed by atoms with van der Waals surface area (Å²) >= 11 is 0. The van der Waals surface area contributed by atoms with E-state index in [1.54, 1.807) is 12.3 Å². The van der Waals surface area contributed by atoms with Gasteiger partial charge in [0.1, 0.15) is 5.69 Å². The van der Waals surface area contributed by atoms with E-state index in [-0.39, 0.29) is 0 Å². The van der Waals surface area contributed by atoms with E-state index in [0.29, 0.717) is 11.7 Å². The summed E-state index contributed by atoms with van der Waals surface area (Å²) in [7, 11) is 0. The van der Waals surface area contributed by atoms with Gasteiger partial charge in [0.2, 0.25) is 0 Å². The van der Waals surface area contributed by atoms with E-state index in [1.807, 2.05) is 19.9 Å². The third-order valence-corrected chi connectivity index (χ3v) is 1.36. The molecule has 1 heterocycles. The van der Waals surface area contributed by atoms with Crippen molar-refractivity contribution in [2.24, 2.45) is 0 Å². The topological polar surface area (TPSA) is 42.0 Å². The highest BCUT2D eigenvalue weighted by Crippen LogP contribution is 2.06. The van der Waals surface area contributed by atoms with Crippen LogP contribution in [0.1, 0.15) is 24.3 Å². The van der Waals surface area contributed by atoms with Gasteiger partial charge >= 0.3 is 0 Å². The van der Waals surface area contributed by atoms with Gasteiger partial charge < -0.3 is 5.32 Å². The molecule has 1 aromatic heterocycles. The number of carbonyl (C=O) groups excluding carboxylic acids is 1. The van der Waals surface area contributed by atoms with E-state index in [1.165, 1.54) is 0 Å². The van der Waals surface area contributed by atoms with Gasteiger partial charge in [-0.1, -0.05) is 0 Å². The number of hydrogen-bond donors (Lipinski definition) is 1. The molecule has 0 atom stereocenters. The van der Waals surface area contributed by atoms with Crippen molar-refractivity contribution < 1.29 is 4.79 Å². The average Bonchev–Trinajstić information content (AvgIpc) is 2.05. The fraction of sp³-hybridized carbons (Fsp3) is 0.333. The molecule has 64 valence electrons. The van der Waals surface area contributed by atoms with Crippen molar-refractivity contribution in [2.75, 3.05) is 5.32 Å². The van der Waals surface area contributed by atoms with Crippen molar-refractivity contribution in [3.63, 3.8) is 0 Å². The Morgan fingerprint density at radius 1 is 1.50 bits per heavy atom. The first-order chi connectivity index (χ1) is 5.72. The Kier molecular flexibility index (Phi) is 2.80. The van der Waals surface area contributed by atoms with E-state index >= 15 is 0 Å². The van der Waals surface area contributed by atoms with Crippen LogP contribution in [0, 0.1) is 0 Å². The van der Waals surface area contributed by atoms with Crippen LogP contribution in [-0.4, -0.2) is 17.3 Å². The predicted molar refractivity (Wildman–Crippen MR) is 48.4 cm³/mol. The number of hydrogen-bond acceptors (Lipinski definition) is 3. The predicted octanol–water partition coefficient (Wildman–Crippen LogP) is 1.71. The molecule has 0 unspecified atom stereocenters. The van der Waals surface area contributed by atoms with E-state index < -0.39 is 0 Å². The van der Waals surface area contributed by atoms with Crippen molar-refractivity contribution in [2.45, 2.75) is 19.9 Å². The smallest absolute Gasteiger partial charge is 0.168 e. The van der Waals surface area contributed by atoms with Crippen LogP contribution in [0.15, 0.2) is 18.3 Å². The molecule has 3 heteroatoms. The van der Waals surface area contributed by atoms with Gasteiger partial charge in [-0.05, 0) is 26.0 Å². The van der Waals surface area contributed by atoms with Crippen LogP contribution >= 0.6 is 0 Å². The second kappa shape index (κ2) is 3.85. The Hall–Kier alpha value is -1.38. The van der Waals surface area contributed by atoms with Crippen molar-refractivity contribution in [3.8, 4) is 0 Å². The summed E-state index contributed by atoms with van der Waals surface area (Å²) in [6, 6.07) is 3.92. The molecule has 3 nitrogen and oxygen atoms in total. The first-order valence-corrected chi connectivity index (χ1v) is 3.90. The minimum Gasteiger partial charge on any atom is -0.382 e. The SMILES string of the molecule is CC(C)Nc1ccc(C=O)nc1. The molecule has 0 aliphatic carbocycles. The summed E-state index contributed by atoms with van der Waals surface area (Å²) in [6.07, 6.45) is 2.39. The number of anilines is 1. The van der Waals surface area contributed by atoms with Crippen molar-refractivity contribution in [3.05, 3.63) is 24.0 Å². The maximum atomic E-state index is 10.3. The largest absolute Gasteiger partial charge is 0.382 e. The van der Waals surface area contributed by atoms with E-state index in [0.717, 1.165) is 12.0 Å². The highest BCUT2D eigenvalue weighted by atomic mass is 16.1. The van der Waals surface area contributed by atoms with Crippen molar-refractivity contribution in [1.82, 2.24) is 4.98 Å². The Balaban J connectivity index is 2.71. The van der Waals surface area contributed by atoms with Crippen LogP contribution in [0.25, 0.3) is 0 Å². The minimum absolute atomic E-state index is 0.383. The molecule has 0 bridgehead atoms. The minimum atomic E-state index is 0.383. The zero-order chi connectivity index (χ0) is 8.97. The lowest BCUT2D eigenvalue weighted by Gasteiger charge is -2.08. The van der Waals surface area contributed by atoms with Gasteiger partial charge in [0.05, 0.1) is 11.9 Å². The molecular formula is C9H12N2O. The molecule has 0 spiro atoms. The third kappa shape index (κ3) is 2.34. The quantitative estimate of drug-likeness (QED) is 0.691. The normalized spacial score (nSPS) is 9.92. The van der Waals surface area contributed by atoms with Gasteiger partial charge in [-0.25, -0.2) is 0 Å². The number of rotatable bonds is 3. The molecule has 12 heavy (non-hydrogen) atoms. The fourth-order valence-electron chi connectivity index (χ4n) is 0.894. The average molecular weight is 164 g/mol. The van der Waals surface area contributed by atoms with Gasteiger partial charge in [-0.15, -0.1) is 0 Å². The second-order valence-corrected chi connectivity index (χ2v) is 2.89. The van der Waals surface area contributed by atoms with E-state index in [2.05, 4.69) is 10.3 Å². The van der Waals surface area contributed by atoms with Crippen LogP contribution in [0.2, 0.25) is 0 Å². The molecular weight excluding hydrogens is 152 g/mol. The second-order valence-electron chi connectivity index (χ2n) is 2.89. The summed E-state index contributed by atoms with van der Waals surface area (Å²) in [4.78, 5) is 14.2. The molecule has 0 aliphatic heterocycles. The van der Waals surface area contributed by atoms with Crippen LogP contribution in [0.5, 0.6) is 0 Å². The maximum Gasteiger partial charge on any atom is 0.168 e. The highest BCUT2D eigenvalue weighted by molar-refractivity contribution is 5.72. The number of carbonyl (C=O) groups is 1. The molecule has 1 N–H and O–H groups in total. The number of aromatic nitrogens is 1. The number of nitrogens with zero attached hydrogens (tertiary/aromatic N) is 1. The summed E-state index contributed by atoms with van der Waals surface area (Å²) in [5.41, 5.74) is 1.40. The standard InChI is InChI=1S/C9H12N2O/c1-7(2)11-8-3-4-9(6-12)10-5-8/h3-7,11H,1-2H3. The van der Waals surface area contributed by atoms with Crippen LogP contribution in [-0.2, 0) is 0 Å². The molecule has 0 radical (unpaired) electrons. The summed E-state index contributed by atoms with van der Waals surface area (Å²) in [5, 5.41) is 3.18. The number of nitrogens with one attached hydrogen (secondary N) is 1. The van der Waals surface area contributed by atoms with Crippen LogP contribution in [0.3, 0.4) is 0 Å². The van der Waals surface area contributed by atoms with Crippen LogP contribution in [0.4, 0.5) is 5.69 Å². The maximum absolute atomic E-state index is 10.3. The lowest BCUT2D eigenvalue weighted by molar-refractivity contribution is 0.111. The Bertz CT molecular complexity index is 254. The van der Waals surface area contributed by atoms with E-state index in [4.69, 9.17) is 0 Å². The zero-order valence-electron chi connectivity index (χ0n) is 7.24. The molecule has 0 saturated carbocycles. The van der Waals surface area contributed by atoms with Gasteiger partial charge in [0.15, 0.2) is 6.29 Å². The first kappa shape index (κ1) is 8.71. The Morgan fingerprint density at radius 2 is 2.25 bits per heavy atom. The lowest BCUT2D eigenvalue weighted by Crippen LogP contribution is -2.09. The van der Waals surface area contributed by atoms with Gasteiger partial charge in [0.25, 0.3) is 0 Å². The molecule has 0 aliphatic rings. The zero-order valence-corrected chi connectivity index (χ0v) is 7.24. The number of pyridine rings is 1. The van der Waals surface area contributed by atoms with Crippen molar-refractivity contribution >= 4 is 12.0 Å². The van der Waals surface area contributed by atoms with Gasteiger partial charge in [-0.2, -0.15) is 0 Å². The van der Waals surface area contributed by atoms with E-state index in [9.17, 15) is 4.79 Å². The lowest BCUT2D eigenvalue weighted by atomic mass is 10.3. The molecule has 1 aromatic rings. The van der Waals surface area contributed by atoms with Crippen molar-refractivity contribution in [1.29, 1.82) is 0 Å². The summed E-state index contributed by atoms with van der Waals surface area (Å²) in [5.74, 6) is 0. The highest BCUT2D eigenvalue weighted by Gasteiger charge is 1.95. The fourth-order valence-corrected chi connectivity index (χ4v) is 0.894. The summed E-state index contributed by atoms with van der Waals surface area (Å²) < 4.78 is 0.